The number of hydrogen-bond acceptors (Lipinski definition) is 7. The molecule has 0 aliphatic heterocycles. The lowest BCUT2D eigenvalue weighted by molar-refractivity contribution is 0.252. The maximum Gasteiger partial charge on any atom is 0.524 e. The fourth-order valence-electron chi connectivity index (χ4n) is 2.47. The Morgan fingerprint density at radius 1 is 1.17 bits per heavy atom. The van der Waals surface area contributed by atoms with Crippen LogP contribution in [-0.2, 0) is 4.57 Å². The molecule has 0 bridgehead atoms. The van der Waals surface area contributed by atoms with Crippen LogP contribution in [0.1, 0.15) is 6.92 Å². The van der Waals surface area contributed by atoms with Crippen molar-refractivity contribution in [2.75, 3.05) is 19.0 Å². The SMILES string of the molecule is CCNC(=O)Nc1cnc2ccc(-c3ccc(OP(=O)(O)O)c(OC)c3)nc2n1. The number of rotatable bonds is 6. The van der Waals surface area contributed by atoms with E-state index in [-0.39, 0.29) is 17.3 Å². The number of aromatic nitrogens is 3. The van der Waals surface area contributed by atoms with Gasteiger partial charge in [-0.2, -0.15) is 0 Å². The van der Waals surface area contributed by atoms with E-state index in [4.69, 9.17) is 14.5 Å². The second-order valence-corrected chi connectivity index (χ2v) is 6.89. The summed E-state index contributed by atoms with van der Waals surface area (Å²) in [5.41, 5.74) is 1.96. The van der Waals surface area contributed by atoms with Gasteiger partial charge in [0, 0.05) is 12.1 Å². The van der Waals surface area contributed by atoms with Crippen LogP contribution in [0, 0.1) is 0 Å². The summed E-state index contributed by atoms with van der Waals surface area (Å²) in [7, 11) is -3.37. The molecule has 0 saturated carbocycles. The van der Waals surface area contributed by atoms with Gasteiger partial charge in [-0.1, -0.05) is 0 Å². The molecule has 2 aromatic heterocycles. The van der Waals surface area contributed by atoms with Crippen molar-refractivity contribution in [2.24, 2.45) is 0 Å². The predicted molar refractivity (Wildman–Crippen MR) is 105 cm³/mol. The van der Waals surface area contributed by atoms with Gasteiger partial charge >= 0.3 is 13.9 Å². The van der Waals surface area contributed by atoms with Crippen LogP contribution in [-0.4, -0.2) is 44.4 Å². The second-order valence-electron chi connectivity index (χ2n) is 5.73. The van der Waals surface area contributed by atoms with E-state index in [0.717, 1.165) is 0 Å². The summed E-state index contributed by atoms with van der Waals surface area (Å²) in [4.78, 5) is 42.6. The first-order chi connectivity index (χ1) is 13.8. The Bertz CT molecular complexity index is 1100. The van der Waals surface area contributed by atoms with Gasteiger partial charge in [0.05, 0.1) is 19.0 Å². The highest BCUT2D eigenvalue weighted by atomic mass is 31.2. The third-order valence-corrected chi connectivity index (χ3v) is 4.10. The Morgan fingerprint density at radius 3 is 2.66 bits per heavy atom. The Hall–Kier alpha value is -3.27. The highest BCUT2D eigenvalue weighted by Gasteiger charge is 2.19. The molecule has 3 aromatic rings. The average Bonchev–Trinajstić information content (AvgIpc) is 2.66. The molecule has 29 heavy (non-hydrogen) atoms. The van der Waals surface area contributed by atoms with Crippen LogP contribution in [0.25, 0.3) is 22.4 Å². The minimum absolute atomic E-state index is 0.0985. The fourth-order valence-corrected chi connectivity index (χ4v) is 2.88. The number of methoxy groups -OCH3 is 1. The third-order valence-electron chi connectivity index (χ3n) is 3.66. The minimum Gasteiger partial charge on any atom is -0.493 e. The Balaban J connectivity index is 1.94. The van der Waals surface area contributed by atoms with Gasteiger partial charge in [-0.25, -0.2) is 24.3 Å². The largest absolute Gasteiger partial charge is 0.524 e. The van der Waals surface area contributed by atoms with Crippen molar-refractivity contribution in [3.63, 3.8) is 0 Å². The number of hydrogen-bond donors (Lipinski definition) is 4. The van der Waals surface area contributed by atoms with Crippen LogP contribution in [0.4, 0.5) is 10.6 Å². The Labute approximate surface area is 165 Å². The lowest BCUT2D eigenvalue weighted by Crippen LogP contribution is -2.28. The van der Waals surface area contributed by atoms with Crippen LogP contribution >= 0.6 is 7.82 Å². The molecule has 11 nitrogen and oxygen atoms in total. The molecular weight excluding hydrogens is 401 g/mol. The van der Waals surface area contributed by atoms with Crippen molar-refractivity contribution >= 4 is 30.8 Å². The normalized spacial score (nSPS) is 11.2. The first-order valence-corrected chi connectivity index (χ1v) is 9.94. The van der Waals surface area contributed by atoms with Gasteiger partial charge in [0.1, 0.15) is 5.52 Å². The van der Waals surface area contributed by atoms with Crippen LogP contribution in [0.5, 0.6) is 11.5 Å². The zero-order valence-electron chi connectivity index (χ0n) is 15.5. The van der Waals surface area contributed by atoms with Crippen molar-refractivity contribution < 1.29 is 28.4 Å². The zero-order chi connectivity index (χ0) is 21.0. The van der Waals surface area contributed by atoms with E-state index >= 15 is 0 Å². The molecule has 0 spiro atoms. The van der Waals surface area contributed by atoms with Gasteiger partial charge in [0.25, 0.3) is 0 Å². The summed E-state index contributed by atoms with van der Waals surface area (Å²) in [6, 6.07) is 7.51. The van der Waals surface area contributed by atoms with E-state index in [1.165, 1.54) is 25.4 Å². The molecule has 0 fully saturated rings. The van der Waals surface area contributed by atoms with Gasteiger partial charge < -0.3 is 14.6 Å². The number of nitrogens with one attached hydrogen (secondary N) is 2. The first kappa shape index (κ1) is 20.5. The molecule has 0 atom stereocenters. The van der Waals surface area contributed by atoms with Gasteiger partial charge in [-0.05, 0) is 37.3 Å². The molecule has 0 unspecified atom stereocenters. The van der Waals surface area contributed by atoms with Crippen molar-refractivity contribution in [1.29, 1.82) is 0 Å². The van der Waals surface area contributed by atoms with E-state index in [9.17, 15) is 9.36 Å². The van der Waals surface area contributed by atoms with Crippen LogP contribution < -0.4 is 19.9 Å². The number of ether oxygens (including phenoxy) is 1. The molecule has 4 N–H and O–H groups in total. The molecule has 2 heterocycles. The average molecular weight is 419 g/mol. The quantitative estimate of drug-likeness (QED) is 0.440. The number of anilines is 1. The molecule has 0 saturated heterocycles. The molecule has 2 amide bonds. The van der Waals surface area contributed by atoms with E-state index in [1.54, 1.807) is 25.1 Å². The topological polar surface area (TPSA) is 156 Å². The smallest absolute Gasteiger partial charge is 0.493 e. The lowest BCUT2D eigenvalue weighted by Gasteiger charge is -2.12. The van der Waals surface area contributed by atoms with Gasteiger partial charge in [-0.15, -0.1) is 0 Å². The Kier molecular flexibility index (Phi) is 5.92. The summed E-state index contributed by atoms with van der Waals surface area (Å²) in [5.74, 6) is 0.278. The van der Waals surface area contributed by atoms with E-state index in [0.29, 0.717) is 29.0 Å². The van der Waals surface area contributed by atoms with Crippen molar-refractivity contribution in [2.45, 2.75) is 6.92 Å². The number of carbonyl (C=O) groups excluding carboxylic acids is 1. The van der Waals surface area contributed by atoms with Crippen LogP contribution in [0.2, 0.25) is 0 Å². The first-order valence-electron chi connectivity index (χ1n) is 8.41. The van der Waals surface area contributed by atoms with Crippen molar-refractivity contribution in [3.8, 4) is 22.8 Å². The number of phosphoric ester groups is 1. The predicted octanol–water partition coefficient (Wildman–Crippen LogP) is 2.31. The van der Waals surface area contributed by atoms with E-state index < -0.39 is 13.9 Å². The highest BCUT2D eigenvalue weighted by molar-refractivity contribution is 7.46. The van der Waals surface area contributed by atoms with Crippen LogP contribution in [0.3, 0.4) is 0 Å². The number of benzene rings is 1. The Morgan fingerprint density at radius 2 is 1.97 bits per heavy atom. The number of nitrogens with zero attached hydrogens (tertiary/aromatic N) is 3. The fraction of sp³-hybridized carbons (Fsp3) is 0.176. The summed E-state index contributed by atoms with van der Waals surface area (Å²) >= 11 is 0. The number of pyridine rings is 1. The molecular formula is C17H18N5O6P. The van der Waals surface area contributed by atoms with E-state index in [1.807, 2.05) is 0 Å². The van der Waals surface area contributed by atoms with Gasteiger partial charge in [-0.3, -0.25) is 15.1 Å². The highest BCUT2D eigenvalue weighted by Crippen LogP contribution is 2.43. The summed E-state index contributed by atoms with van der Waals surface area (Å²) < 4.78 is 20.8. The second kappa shape index (κ2) is 8.39. The summed E-state index contributed by atoms with van der Waals surface area (Å²) in [6.45, 7) is 2.27. The molecule has 3 rings (SSSR count). The van der Waals surface area contributed by atoms with Gasteiger partial charge in [0.15, 0.2) is 23.0 Å². The maximum atomic E-state index is 11.6. The minimum atomic E-state index is -4.72. The van der Waals surface area contributed by atoms with Crippen molar-refractivity contribution in [3.05, 3.63) is 36.5 Å². The molecule has 0 aliphatic carbocycles. The molecule has 12 heteroatoms. The van der Waals surface area contributed by atoms with Crippen LogP contribution in [0.15, 0.2) is 36.5 Å². The zero-order valence-corrected chi connectivity index (χ0v) is 16.4. The van der Waals surface area contributed by atoms with Gasteiger partial charge in [0.2, 0.25) is 0 Å². The third kappa shape index (κ3) is 5.17. The summed E-state index contributed by atoms with van der Waals surface area (Å²) in [6.07, 6.45) is 1.43. The number of carbonyl (C=O) groups is 1. The van der Waals surface area contributed by atoms with E-state index in [2.05, 4.69) is 30.1 Å². The number of fused-ring (bicyclic) bond motifs is 1. The molecule has 0 radical (unpaired) electrons. The lowest BCUT2D eigenvalue weighted by atomic mass is 10.1. The monoisotopic (exact) mass is 419 g/mol. The standard InChI is InChI=1S/C17H18N5O6P/c1-3-18-17(23)22-15-9-19-12-6-5-11(20-16(12)21-15)10-4-7-13(14(8-10)27-2)28-29(24,25)26/h4-9H,3H2,1-2H3,(H2,24,25,26)(H2,18,20,21,22,23). The molecule has 1 aromatic carbocycles. The number of urea groups is 1. The molecule has 0 aliphatic rings. The number of phosphoric acid groups is 1. The summed E-state index contributed by atoms with van der Waals surface area (Å²) in [5, 5.41) is 5.16. The maximum absolute atomic E-state index is 11.6. The van der Waals surface area contributed by atoms with Crippen molar-refractivity contribution in [1.82, 2.24) is 20.3 Å². The number of amides is 2. The molecule has 152 valence electrons.